The number of methoxy groups -OCH3 is 1. The van der Waals surface area contributed by atoms with Crippen LogP contribution in [0.3, 0.4) is 0 Å². The molecule has 0 unspecified atom stereocenters. The molecule has 0 atom stereocenters. The Labute approximate surface area is 123 Å². The summed E-state index contributed by atoms with van der Waals surface area (Å²) in [4.78, 5) is 0. The van der Waals surface area contributed by atoms with E-state index in [-0.39, 0.29) is 0 Å². The van der Waals surface area contributed by atoms with E-state index in [0.29, 0.717) is 6.10 Å². The Balaban J connectivity index is 1.49. The van der Waals surface area contributed by atoms with Crippen molar-refractivity contribution in [2.24, 2.45) is 11.8 Å². The normalized spacial score (nSPS) is 34.9. The number of ether oxygens (including phenoxy) is 1. The van der Waals surface area contributed by atoms with Gasteiger partial charge in [-0.1, -0.05) is 30.3 Å². The van der Waals surface area contributed by atoms with Crippen LogP contribution >= 0.6 is 0 Å². The van der Waals surface area contributed by atoms with Gasteiger partial charge >= 0.3 is 0 Å². The fraction of sp³-hybridized carbons (Fsp3) is 0.684. The maximum Gasteiger partial charge on any atom is 0.0571 e. The van der Waals surface area contributed by atoms with Crippen molar-refractivity contribution in [1.82, 2.24) is 0 Å². The van der Waals surface area contributed by atoms with Gasteiger partial charge in [-0.15, -0.1) is 0 Å². The van der Waals surface area contributed by atoms with Gasteiger partial charge in [-0.25, -0.2) is 0 Å². The first kappa shape index (κ1) is 14.1. The predicted molar refractivity (Wildman–Crippen MR) is 83.9 cm³/mol. The molecule has 1 aromatic carbocycles. The van der Waals surface area contributed by atoms with Crippen molar-refractivity contribution in [2.75, 3.05) is 7.11 Å². The molecule has 0 aromatic heterocycles. The summed E-state index contributed by atoms with van der Waals surface area (Å²) < 4.78 is 5.50. The van der Waals surface area contributed by atoms with Gasteiger partial charge in [0.15, 0.2) is 0 Å². The minimum atomic E-state index is 0.548. The summed E-state index contributed by atoms with van der Waals surface area (Å²) in [7, 11) is 1.87. The Bertz CT molecular complexity index is 383. The molecule has 1 heteroatoms. The Morgan fingerprint density at radius 1 is 0.750 bits per heavy atom. The third kappa shape index (κ3) is 3.25. The van der Waals surface area contributed by atoms with E-state index in [1.807, 2.05) is 7.11 Å². The van der Waals surface area contributed by atoms with Crippen molar-refractivity contribution in [3.63, 3.8) is 0 Å². The van der Waals surface area contributed by atoms with Crippen molar-refractivity contribution in [3.05, 3.63) is 35.9 Å². The lowest BCUT2D eigenvalue weighted by molar-refractivity contribution is 0.0410. The zero-order valence-electron chi connectivity index (χ0n) is 12.8. The number of hydrogen-bond donors (Lipinski definition) is 0. The number of rotatable bonds is 3. The molecule has 2 saturated carbocycles. The molecule has 0 saturated heterocycles. The van der Waals surface area contributed by atoms with Gasteiger partial charge in [-0.2, -0.15) is 0 Å². The van der Waals surface area contributed by atoms with Crippen LogP contribution in [0, 0.1) is 11.8 Å². The van der Waals surface area contributed by atoms with E-state index < -0.39 is 0 Å². The highest BCUT2D eigenvalue weighted by Crippen LogP contribution is 2.43. The zero-order valence-corrected chi connectivity index (χ0v) is 12.8. The second kappa shape index (κ2) is 6.76. The van der Waals surface area contributed by atoms with Crippen molar-refractivity contribution >= 4 is 0 Å². The molecule has 1 nitrogen and oxygen atoms in total. The van der Waals surface area contributed by atoms with Gasteiger partial charge in [0.25, 0.3) is 0 Å². The molecule has 2 aliphatic rings. The van der Waals surface area contributed by atoms with Gasteiger partial charge in [0.05, 0.1) is 6.10 Å². The van der Waals surface area contributed by atoms with Gasteiger partial charge in [-0.05, 0) is 74.7 Å². The third-order valence-electron chi connectivity index (χ3n) is 5.76. The van der Waals surface area contributed by atoms with Crippen LogP contribution in [0.4, 0.5) is 0 Å². The monoisotopic (exact) mass is 272 g/mol. The first-order chi connectivity index (χ1) is 9.86. The minimum Gasteiger partial charge on any atom is -0.381 e. The van der Waals surface area contributed by atoms with Crippen LogP contribution in [0.15, 0.2) is 30.3 Å². The molecule has 1 aromatic rings. The van der Waals surface area contributed by atoms with Gasteiger partial charge in [0, 0.05) is 7.11 Å². The zero-order chi connectivity index (χ0) is 13.8. The lowest BCUT2D eigenvalue weighted by Crippen LogP contribution is -2.27. The minimum absolute atomic E-state index is 0.548. The smallest absolute Gasteiger partial charge is 0.0571 e. The average Bonchev–Trinajstić information content (AvgIpc) is 2.56. The molecule has 0 N–H and O–H groups in total. The Kier molecular flexibility index (Phi) is 4.77. The molecule has 0 spiro atoms. The Hall–Kier alpha value is -0.820. The molecule has 0 aliphatic heterocycles. The molecule has 0 radical (unpaired) electrons. The first-order valence-corrected chi connectivity index (χ1v) is 8.44. The van der Waals surface area contributed by atoms with E-state index >= 15 is 0 Å². The highest BCUT2D eigenvalue weighted by atomic mass is 16.5. The molecule has 2 fully saturated rings. The molecule has 20 heavy (non-hydrogen) atoms. The van der Waals surface area contributed by atoms with Gasteiger partial charge in [-0.3, -0.25) is 0 Å². The SMILES string of the molecule is COC1CCC(C2CCC(c3ccccc3)CC2)CC1. The van der Waals surface area contributed by atoms with E-state index in [0.717, 1.165) is 17.8 Å². The van der Waals surface area contributed by atoms with Crippen LogP contribution in [0.1, 0.15) is 62.8 Å². The molecule has 0 bridgehead atoms. The van der Waals surface area contributed by atoms with Gasteiger partial charge in [0.1, 0.15) is 0 Å². The summed E-state index contributed by atoms with van der Waals surface area (Å²) in [5.74, 6) is 2.80. The Morgan fingerprint density at radius 3 is 1.85 bits per heavy atom. The summed E-state index contributed by atoms with van der Waals surface area (Å²) in [5.41, 5.74) is 1.56. The summed E-state index contributed by atoms with van der Waals surface area (Å²) in [6.45, 7) is 0. The van der Waals surface area contributed by atoms with Crippen LogP contribution < -0.4 is 0 Å². The highest BCUT2D eigenvalue weighted by Gasteiger charge is 2.31. The van der Waals surface area contributed by atoms with E-state index in [1.54, 1.807) is 5.56 Å². The second-order valence-electron chi connectivity index (χ2n) is 6.79. The fourth-order valence-corrected chi connectivity index (χ4v) is 4.44. The van der Waals surface area contributed by atoms with E-state index in [9.17, 15) is 0 Å². The van der Waals surface area contributed by atoms with E-state index in [2.05, 4.69) is 30.3 Å². The summed E-state index contributed by atoms with van der Waals surface area (Å²) in [6.07, 6.45) is 11.6. The van der Waals surface area contributed by atoms with Gasteiger partial charge < -0.3 is 4.74 Å². The van der Waals surface area contributed by atoms with Crippen LogP contribution in [0.25, 0.3) is 0 Å². The van der Waals surface area contributed by atoms with Crippen LogP contribution in [-0.2, 0) is 4.74 Å². The van der Waals surface area contributed by atoms with Crippen LogP contribution in [0.5, 0.6) is 0 Å². The fourth-order valence-electron chi connectivity index (χ4n) is 4.44. The quantitative estimate of drug-likeness (QED) is 0.738. The van der Waals surface area contributed by atoms with E-state index in [4.69, 9.17) is 4.74 Å². The molecular formula is C19H28O. The van der Waals surface area contributed by atoms with Crippen molar-refractivity contribution in [1.29, 1.82) is 0 Å². The summed E-state index contributed by atoms with van der Waals surface area (Å²) in [6, 6.07) is 11.1. The maximum atomic E-state index is 5.50. The lowest BCUT2D eigenvalue weighted by atomic mass is 9.69. The summed E-state index contributed by atoms with van der Waals surface area (Å²) in [5, 5.41) is 0. The molecule has 0 heterocycles. The van der Waals surface area contributed by atoms with Gasteiger partial charge in [0.2, 0.25) is 0 Å². The van der Waals surface area contributed by atoms with Crippen molar-refractivity contribution in [2.45, 2.75) is 63.4 Å². The first-order valence-electron chi connectivity index (χ1n) is 8.44. The summed E-state index contributed by atoms with van der Waals surface area (Å²) >= 11 is 0. The topological polar surface area (TPSA) is 9.23 Å². The number of hydrogen-bond acceptors (Lipinski definition) is 1. The molecule has 0 amide bonds. The van der Waals surface area contributed by atoms with E-state index in [1.165, 1.54) is 51.4 Å². The highest BCUT2D eigenvalue weighted by molar-refractivity contribution is 5.19. The van der Waals surface area contributed by atoms with Crippen molar-refractivity contribution < 1.29 is 4.74 Å². The second-order valence-corrected chi connectivity index (χ2v) is 6.79. The van der Waals surface area contributed by atoms with Crippen LogP contribution in [-0.4, -0.2) is 13.2 Å². The molecule has 2 aliphatic carbocycles. The maximum absolute atomic E-state index is 5.50. The lowest BCUT2D eigenvalue weighted by Gasteiger charge is -2.37. The Morgan fingerprint density at radius 2 is 1.30 bits per heavy atom. The molecule has 3 rings (SSSR count). The predicted octanol–water partition coefficient (Wildman–Crippen LogP) is 5.17. The van der Waals surface area contributed by atoms with Crippen LogP contribution in [0.2, 0.25) is 0 Å². The molecule has 110 valence electrons. The third-order valence-corrected chi connectivity index (χ3v) is 5.76. The van der Waals surface area contributed by atoms with Crippen molar-refractivity contribution in [3.8, 4) is 0 Å². The average molecular weight is 272 g/mol. The largest absolute Gasteiger partial charge is 0.381 e. The standard InChI is InChI=1S/C19H28O/c1-20-19-13-11-18(12-14-19)17-9-7-16(8-10-17)15-5-3-2-4-6-15/h2-6,16-19H,7-14H2,1H3. The number of benzene rings is 1. The molecular weight excluding hydrogens is 244 g/mol.